The first-order valence-electron chi connectivity index (χ1n) is 7.57. The standard InChI is InChI=1S/C15H20N4S/c1-2-11-6-12-14(17-9-18-15(12)20-11)19-5-3-4-10-7-16-8-13(10)19/h6,9-10,13,16H,2-5,7-8H2,1H3. The molecule has 0 radical (unpaired) electrons. The van der Waals surface area contributed by atoms with E-state index in [1.54, 1.807) is 6.33 Å². The van der Waals surface area contributed by atoms with E-state index in [1.165, 1.54) is 29.6 Å². The van der Waals surface area contributed by atoms with Crippen LogP contribution in [0.1, 0.15) is 24.6 Å². The van der Waals surface area contributed by atoms with E-state index in [0.29, 0.717) is 6.04 Å². The average molecular weight is 288 g/mol. The highest BCUT2D eigenvalue weighted by atomic mass is 32.1. The lowest BCUT2D eigenvalue weighted by atomic mass is 9.92. The molecule has 20 heavy (non-hydrogen) atoms. The van der Waals surface area contributed by atoms with Gasteiger partial charge in [-0.3, -0.25) is 0 Å². The molecule has 4 rings (SSSR count). The van der Waals surface area contributed by atoms with E-state index in [2.05, 4.69) is 33.2 Å². The molecule has 2 fully saturated rings. The van der Waals surface area contributed by atoms with Gasteiger partial charge in [0.25, 0.3) is 0 Å². The monoisotopic (exact) mass is 288 g/mol. The van der Waals surface area contributed by atoms with Crippen molar-refractivity contribution in [1.29, 1.82) is 0 Å². The van der Waals surface area contributed by atoms with Crippen molar-refractivity contribution in [3.8, 4) is 0 Å². The Bertz CT molecular complexity index is 623. The van der Waals surface area contributed by atoms with E-state index in [1.807, 2.05) is 11.3 Å². The molecule has 2 aliphatic heterocycles. The molecule has 4 nitrogen and oxygen atoms in total. The Morgan fingerprint density at radius 1 is 1.40 bits per heavy atom. The molecule has 0 amide bonds. The van der Waals surface area contributed by atoms with Gasteiger partial charge in [0.05, 0.1) is 5.39 Å². The normalized spacial score (nSPS) is 26.1. The van der Waals surface area contributed by atoms with Gasteiger partial charge >= 0.3 is 0 Å². The maximum Gasteiger partial charge on any atom is 0.141 e. The zero-order valence-corrected chi connectivity index (χ0v) is 12.6. The first-order chi connectivity index (χ1) is 9.86. The lowest BCUT2D eigenvalue weighted by Crippen LogP contribution is -2.45. The van der Waals surface area contributed by atoms with Gasteiger partial charge in [0.2, 0.25) is 0 Å². The summed E-state index contributed by atoms with van der Waals surface area (Å²) in [7, 11) is 0. The Balaban J connectivity index is 1.78. The van der Waals surface area contributed by atoms with Gasteiger partial charge in [0.1, 0.15) is 17.0 Å². The quantitative estimate of drug-likeness (QED) is 0.921. The number of hydrogen-bond donors (Lipinski definition) is 1. The molecule has 0 aromatic carbocycles. The Labute approximate surface area is 123 Å². The number of fused-ring (bicyclic) bond motifs is 2. The Hall–Kier alpha value is -1.20. The van der Waals surface area contributed by atoms with Crippen LogP contribution in [0.25, 0.3) is 10.2 Å². The van der Waals surface area contributed by atoms with Crippen LogP contribution in [0.15, 0.2) is 12.4 Å². The Morgan fingerprint density at radius 3 is 3.25 bits per heavy atom. The molecule has 0 spiro atoms. The average Bonchev–Trinajstić information content (AvgIpc) is 3.12. The third-order valence-corrected chi connectivity index (χ3v) is 5.85. The van der Waals surface area contributed by atoms with Crippen LogP contribution in [0, 0.1) is 5.92 Å². The summed E-state index contributed by atoms with van der Waals surface area (Å²) in [5, 5.41) is 4.80. The molecule has 2 saturated heterocycles. The van der Waals surface area contributed by atoms with Crippen molar-refractivity contribution in [3.63, 3.8) is 0 Å². The zero-order valence-electron chi connectivity index (χ0n) is 11.8. The van der Waals surface area contributed by atoms with Gasteiger partial charge in [-0.15, -0.1) is 11.3 Å². The number of aryl methyl sites for hydroxylation is 1. The molecule has 0 aliphatic carbocycles. The van der Waals surface area contributed by atoms with Gasteiger partial charge in [-0.05, 0) is 31.2 Å². The van der Waals surface area contributed by atoms with Crippen molar-refractivity contribution in [3.05, 3.63) is 17.3 Å². The smallest absolute Gasteiger partial charge is 0.141 e. The van der Waals surface area contributed by atoms with Crippen LogP contribution in [0.3, 0.4) is 0 Å². The largest absolute Gasteiger partial charge is 0.351 e. The lowest BCUT2D eigenvalue weighted by molar-refractivity contribution is 0.384. The topological polar surface area (TPSA) is 41.0 Å². The molecular formula is C15H20N4S. The highest BCUT2D eigenvalue weighted by Crippen LogP contribution is 2.35. The summed E-state index contributed by atoms with van der Waals surface area (Å²) in [5.41, 5.74) is 0. The first-order valence-corrected chi connectivity index (χ1v) is 8.39. The van der Waals surface area contributed by atoms with E-state index in [9.17, 15) is 0 Å². The summed E-state index contributed by atoms with van der Waals surface area (Å²) in [6, 6.07) is 2.91. The summed E-state index contributed by atoms with van der Waals surface area (Å²) in [4.78, 5) is 14.2. The molecule has 1 N–H and O–H groups in total. The molecule has 0 saturated carbocycles. The number of thiophene rings is 1. The van der Waals surface area contributed by atoms with Gasteiger partial charge in [-0.1, -0.05) is 6.92 Å². The van der Waals surface area contributed by atoms with E-state index >= 15 is 0 Å². The van der Waals surface area contributed by atoms with Crippen LogP contribution in [-0.2, 0) is 6.42 Å². The minimum absolute atomic E-state index is 0.617. The van der Waals surface area contributed by atoms with Gasteiger partial charge in [-0.2, -0.15) is 0 Å². The minimum Gasteiger partial charge on any atom is -0.351 e. The molecule has 2 aromatic heterocycles. The zero-order chi connectivity index (χ0) is 13.5. The van der Waals surface area contributed by atoms with E-state index < -0.39 is 0 Å². The van der Waals surface area contributed by atoms with Crippen LogP contribution in [0.4, 0.5) is 5.82 Å². The first kappa shape index (κ1) is 12.5. The van der Waals surface area contributed by atoms with E-state index in [-0.39, 0.29) is 0 Å². The predicted octanol–water partition coefficient (Wildman–Crippen LogP) is 2.44. The molecule has 106 valence electrons. The summed E-state index contributed by atoms with van der Waals surface area (Å²) in [6.45, 7) is 5.60. The third-order valence-electron chi connectivity index (χ3n) is 4.66. The van der Waals surface area contributed by atoms with Crippen LogP contribution in [0.2, 0.25) is 0 Å². The summed E-state index contributed by atoms with van der Waals surface area (Å²) in [5.74, 6) is 1.95. The van der Waals surface area contributed by atoms with Crippen molar-refractivity contribution >= 4 is 27.4 Å². The Morgan fingerprint density at radius 2 is 2.35 bits per heavy atom. The molecule has 0 bridgehead atoms. The Kier molecular flexibility index (Phi) is 3.11. The van der Waals surface area contributed by atoms with Crippen LogP contribution in [-0.4, -0.2) is 35.6 Å². The number of nitrogens with zero attached hydrogens (tertiary/aromatic N) is 3. The SMILES string of the molecule is CCc1cc2c(N3CCCC4CNCC43)ncnc2s1. The van der Waals surface area contributed by atoms with Crippen LogP contribution in [0.5, 0.6) is 0 Å². The second-order valence-corrected chi connectivity index (χ2v) is 6.92. The summed E-state index contributed by atoms with van der Waals surface area (Å²) in [6.07, 6.45) is 5.44. The molecule has 2 atom stereocenters. The molecular weight excluding hydrogens is 268 g/mol. The van der Waals surface area contributed by atoms with Crippen molar-refractivity contribution in [2.75, 3.05) is 24.5 Å². The fourth-order valence-electron chi connectivity index (χ4n) is 3.63. The highest BCUT2D eigenvalue weighted by molar-refractivity contribution is 7.18. The van der Waals surface area contributed by atoms with Crippen molar-refractivity contribution in [1.82, 2.24) is 15.3 Å². The van der Waals surface area contributed by atoms with Crippen molar-refractivity contribution < 1.29 is 0 Å². The molecule has 2 unspecified atom stereocenters. The fourth-order valence-corrected chi connectivity index (χ4v) is 4.56. The highest BCUT2D eigenvalue weighted by Gasteiger charge is 2.36. The minimum atomic E-state index is 0.617. The second-order valence-electron chi connectivity index (χ2n) is 5.80. The number of piperidine rings is 1. The van der Waals surface area contributed by atoms with Crippen molar-refractivity contribution in [2.45, 2.75) is 32.2 Å². The maximum absolute atomic E-state index is 4.63. The van der Waals surface area contributed by atoms with Crippen LogP contribution >= 0.6 is 11.3 Å². The molecule has 2 aliphatic rings. The van der Waals surface area contributed by atoms with E-state index in [4.69, 9.17) is 0 Å². The second kappa shape index (κ2) is 4.97. The number of anilines is 1. The molecule has 5 heteroatoms. The molecule has 4 heterocycles. The van der Waals surface area contributed by atoms with Gasteiger partial charge in [0, 0.05) is 30.6 Å². The number of aromatic nitrogens is 2. The summed E-state index contributed by atoms with van der Waals surface area (Å²) >= 11 is 1.81. The lowest BCUT2D eigenvalue weighted by Gasteiger charge is -2.38. The third kappa shape index (κ3) is 1.91. The predicted molar refractivity (Wildman–Crippen MR) is 83.5 cm³/mol. The van der Waals surface area contributed by atoms with Gasteiger partial charge in [0.15, 0.2) is 0 Å². The number of nitrogens with one attached hydrogen (secondary N) is 1. The summed E-state index contributed by atoms with van der Waals surface area (Å²) < 4.78 is 0. The maximum atomic E-state index is 4.63. The number of hydrogen-bond acceptors (Lipinski definition) is 5. The molecule has 2 aromatic rings. The van der Waals surface area contributed by atoms with Gasteiger partial charge in [-0.25, -0.2) is 9.97 Å². The van der Waals surface area contributed by atoms with E-state index in [0.717, 1.165) is 36.1 Å². The van der Waals surface area contributed by atoms with Crippen LogP contribution < -0.4 is 10.2 Å². The van der Waals surface area contributed by atoms with Gasteiger partial charge < -0.3 is 10.2 Å². The fraction of sp³-hybridized carbons (Fsp3) is 0.600. The number of rotatable bonds is 2. The van der Waals surface area contributed by atoms with Crippen molar-refractivity contribution in [2.24, 2.45) is 5.92 Å².